The van der Waals surface area contributed by atoms with E-state index in [-0.39, 0.29) is 37.3 Å². The zero-order valence-corrected chi connectivity index (χ0v) is 26.9. The molecule has 0 saturated heterocycles. The molecular weight excluding hydrogens is 618 g/mol. The maximum Gasteiger partial charge on any atom is 0.326 e. The summed E-state index contributed by atoms with van der Waals surface area (Å²) in [5, 5.41) is 19.4. The molecular formula is C31H44N5O9S+. The Balaban J connectivity index is 1.85. The summed E-state index contributed by atoms with van der Waals surface area (Å²) in [5.74, 6) is -3.93. The van der Waals surface area contributed by atoms with Gasteiger partial charge in [-0.15, -0.1) is 0 Å². The average Bonchev–Trinajstić information content (AvgIpc) is 2.98. The van der Waals surface area contributed by atoms with Crippen LogP contribution < -0.4 is 21.3 Å². The summed E-state index contributed by atoms with van der Waals surface area (Å²) in [6.45, 7) is 0.0661. The van der Waals surface area contributed by atoms with Crippen LogP contribution in [0, 0.1) is 0 Å². The van der Waals surface area contributed by atoms with Crippen LogP contribution in [0.1, 0.15) is 30.4 Å². The van der Waals surface area contributed by atoms with Gasteiger partial charge in [0.1, 0.15) is 12.1 Å². The predicted octanol–water partition coefficient (Wildman–Crippen LogP) is -0.107. The van der Waals surface area contributed by atoms with Crippen molar-refractivity contribution in [2.45, 2.75) is 44.2 Å². The van der Waals surface area contributed by atoms with E-state index in [0.29, 0.717) is 24.0 Å². The molecule has 2 rings (SSSR count). The summed E-state index contributed by atoms with van der Waals surface area (Å²) < 4.78 is 31.3. The fraction of sp³-hybridized carbons (Fsp3) is 0.452. The topological polar surface area (TPSA) is 208 Å². The van der Waals surface area contributed by atoms with Gasteiger partial charge in [-0.05, 0) is 11.1 Å². The predicted molar refractivity (Wildman–Crippen MR) is 170 cm³/mol. The molecule has 0 aromatic heterocycles. The quantitative estimate of drug-likeness (QED) is 0.0825. The number of quaternary nitrogens is 1. The highest BCUT2D eigenvalue weighted by Gasteiger charge is 2.24. The number of hydrogen-bond acceptors (Lipinski definition) is 7. The fourth-order valence-electron chi connectivity index (χ4n) is 4.61. The van der Waals surface area contributed by atoms with E-state index in [1.807, 2.05) is 20.2 Å². The molecule has 0 unspecified atom stereocenters. The Hall–Kier alpha value is -4.34. The fourth-order valence-corrected chi connectivity index (χ4v) is 5.10. The van der Waals surface area contributed by atoms with E-state index in [9.17, 15) is 37.5 Å². The van der Waals surface area contributed by atoms with Crippen LogP contribution in [-0.4, -0.2) is 110 Å². The number of nitrogens with zero attached hydrogens (tertiary/aromatic N) is 1. The van der Waals surface area contributed by atoms with Crippen LogP contribution in [0.2, 0.25) is 0 Å². The van der Waals surface area contributed by atoms with Crippen molar-refractivity contribution in [3.8, 4) is 0 Å². The minimum atomic E-state index is -4.04. The first-order chi connectivity index (χ1) is 21.6. The summed E-state index contributed by atoms with van der Waals surface area (Å²) in [5.41, 5.74) is 1.50. The van der Waals surface area contributed by atoms with Crippen LogP contribution in [0.5, 0.6) is 0 Å². The number of carboxylic acid groups (broad SMARTS) is 1. The molecule has 0 saturated carbocycles. The molecule has 2 aromatic carbocycles. The minimum Gasteiger partial charge on any atom is -0.480 e. The number of hydrogen-bond donors (Lipinski definition) is 6. The first-order valence-corrected chi connectivity index (χ1v) is 16.5. The van der Waals surface area contributed by atoms with Gasteiger partial charge in [-0.2, -0.15) is 8.42 Å². The Kier molecular flexibility index (Phi) is 15.3. The van der Waals surface area contributed by atoms with Crippen molar-refractivity contribution in [3.05, 3.63) is 71.8 Å². The van der Waals surface area contributed by atoms with E-state index in [0.717, 1.165) is 11.1 Å². The van der Waals surface area contributed by atoms with Crippen molar-refractivity contribution in [2.24, 2.45) is 0 Å². The SMILES string of the molecule is C[N+](C)(CCCC(=O)N[C@@H](Cc1ccccc1)C(=O)NCC(=O)NCC(=O)N[C@@H](Cc1ccccc1)C(=O)O)CCCS(=O)(=O)O. The van der Waals surface area contributed by atoms with Crippen molar-refractivity contribution < 1.29 is 46.5 Å². The summed E-state index contributed by atoms with van der Waals surface area (Å²) >= 11 is 0. The molecule has 0 heterocycles. The van der Waals surface area contributed by atoms with Gasteiger partial charge in [-0.3, -0.25) is 23.7 Å². The van der Waals surface area contributed by atoms with E-state index < -0.39 is 59.0 Å². The van der Waals surface area contributed by atoms with E-state index in [2.05, 4.69) is 21.3 Å². The molecule has 15 heteroatoms. The van der Waals surface area contributed by atoms with Crippen molar-refractivity contribution in [3.63, 3.8) is 0 Å². The molecule has 14 nitrogen and oxygen atoms in total. The molecule has 252 valence electrons. The number of carbonyl (C=O) groups excluding carboxylic acids is 4. The van der Waals surface area contributed by atoms with Crippen LogP contribution in [0.3, 0.4) is 0 Å². The highest BCUT2D eigenvalue weighted by atomic mass is 32.2. The van der Waals surface area contributed by atoms with Gasteiger partial charge >= 0.3 is 5.97 Å². The number of nitrogens with one attached hydrogen (secondary N) is 4. The monoisotopic (exact) mass is 662 g/mol. The Morgan fingerprint density at radius 2 is 1.22 bits per heavy atom. The lowest BCUT2D eigenvalue weighted by molar-refractivity contribution is -0.890. The van der Waals surface area contributed by atoms with Crippen molar-refractivity contribution in [1.29, 1.82) is 0 Å². The normalized spacial score (nSPS) is 12.8. The molecule has 0 aliphatic carbocycles. The lowest BCUT2D eigenvalue weighted by Crippen LogP contribution is -2.51. The van der Waals surface area contributed by atoms with Gasteiger partial charge in [0.15, 0.2) is 0 Å². The van der Waals surface area contributed by atoms with Crippen molar-refractivity contribution >= 4 is 39.7 Å². The number of carboxylic acids is 1. The van der Waals surface area contributed by atoms with Gasteiger partial charge < -0.3 is 30.9 Å². The maximum absolute atomic E-state index is 13.0. The summed E-state index contributed by atoms with van der Waals surface area (Å²) in [6, 6.07) is 15.6. The average molecular weight is 663 g/mol. The van der Waals surface area contributed by atoms with Crippen molar-refractivity contribution in [2.75, 3.05) is 46.0 Å². The summed E-state index contributed by atoms with van der Waals surface area (Å²) in [7, 11) is -0.264. The van der Waals surface area contributed by atoms with Gasteiger partial charge in [-0.25, -0.2) is 4.79 Å². The van der Waals surface area contributed by atoms with E-state index >= 15 is 0 Å². The molecule has 0 fully saturated rings. The molecule has 46 heavy (non-hydrogen) atoms. The van der Waals surface area contributed by atoms with Gasteiger partial charge in [0.2, 0.25) is 23.6 Å². The van der Waals surface area contributed by atoms with Crippen LogP contribution in [0.15, 0.2) is 60.7 Å². The molecule has 0 bridgehead atoms. The largest absolute Gasteiger partial charge is 0.480 e. The Bertz CT molecular complexity index is 1420. The molecule has 2 aromatic rings. The molecule has 6 N–H and O–H groups in total. The van der Waals surface area contributed by atoms with E-state index in [1.54, 1.807) is 54.6 Å². The molecule has 0 aliphatic rings. The standard InChI is InChI=1S/C31H43N5O9S/c1-36(2,17-10-18-46(43,44)45)16-9-15-27(37)34-25(19-23-11-5-3-6-12-23)30(40)33-21-28(38)32-22-29(39)35-26(31(41)42)20-24-13-7-4-8-14-24/h3-8,11-14,25-26H,9-10,15-22H2,1-2H3,(H5-,32,33,34,35,37,38,39,40,41,42,43,44,45)/p+1/t25-,26-/m0/s1. The molecule has 0 aliphatic heterocycles. The second-order valence-corrected chi connectivity index (χ2v) is 13.2. The van der Waals surface area contributed by atoms with Crippen LogP contribution in [0.4, 0.5) is 0 Å². The van der Waals surface area contributed by atoms with Gasteiger partial charge in [0, 0.05) is 32.1 Å². The van der Waals surface area contributed by atoms with E-state index in [4.69, 9.17) is 4.55 Å². The number of aliphatic carboxylic acids is 1. The molecule has 0 spiro atoms. The smallest absolute Gasteiger partial charge is 0.326 e. The zero-order valence-electron chi connectivity index (χ0n) is 26.1. The van der Waals surface area contributed by atoms with Gasteiger partial charge in [0.05, 0.1) is 46.0 Å². The van der Waals surface area contributed by atoms with Crippen LogP contribution in [-0.2, 0) is 46.9 Å². The van der Waals surface area contributed by atoms with Crippen LogP contribution >= 0.6 is 0 Å². The second-order valence-electron chi connectivity index (χ2n) is 11.6. The Labute approximate surface area is 269 Å². The third kappa shape index (κ3) is 16.1. The highest BCUT2D eigenvalue weighted by Crippen LogP contribution is 2.07. The minimum absolute atomic E-state index is 0.0639. The number of amides is 4. The molecule has 4 amide bonds. The van der Waals surface area contributed by atoms with Gasteiger partial charge in [-0.1, -0.05) is 60.7 Å². The molecule has 2 atom stereocenters. The highest BCUT2D eigenvalue weighted by molar-refractivity contribution is 7.85. The maximum atomic E-state index is 13.0. The zero-order chi connectivity index (χ0) is 34.2. The number of benzene rings is 2. The van der Waals surface area contributed by atoms with Crippen molar-refractivity contribution in [1.82, 2.24) is 21.3 Å². The Morgan fingerprint density at radius 1 is 0.717 bits per heavy atom. The number of rotatable bonds is 20. The van der Waals surface area contributed by atoms with Crippen LogP contribution in [0.25, 0.3) is 0 Å². The number of carbonyl (C=O) groups is 5. The second kappa shape index (κ2) is 18.6. The van der Waals surface area contributed by atoms with Gasteiger partial charge in [0.25, 0.3) is 10.1 Å². The summed E-state index contributed by atoms with van der Waals surface area (Å²) in [6.07, 6.45) is 1.07. The third-order valence-electron chi connectivity index (χ3n) is 7.05. The third-order valence-corrected chi connectivity index (χ3v) is 7.86. The Morgan fingerprint density at radius 3 is 1.76 bits per heavy atom. The first kappa shape index (κ1) is 37.8. The first-order valence-electron chi connectivity index (χ1n) is 14.8. The van der Waals surface area contributed by atoms with E-state index in [1.165, 1.54) is 0 Å². The molecule has 0 radical (unpaired) electrons. The lowest BCUT2D eigenvalue weighted by atomic mass is 10.0. The summed E-state index contributed by atoms with van der Waals surface area (Å²) in [4.78, 5) is 62.1. The lowest BCUT2D eigenvalue weighted by Gasteiger charge is -2.29.